The lowest BCUT2D eigenvalue weighted by molar-refractivity contribution is -0.116. The van der Waals surface area contributed by atoms with E-state index in [2.05, 4.69) is 5.32 Å². The second kappa shape index (κ2) is 5.73. The molecule has 0 radical (unpaired) electrons. The fourth-order valence-corrected chi connectivity index (χ4v) is 2.20. The Morgan fingerprint density at radius 3 is 2.78 bits per heavy atom. The quantitative estimate of drug-likeness (QED) is 0.901. The zero-order valence-corrected chi connectivity index (χ0v) is 10.3. The Morgan fingerprint density at radius 1 is 1.28 bits per heavy atom. The molecular weight excluding hydrogens is 256 g/mol. The van der Waals surface area contributed by atoms with Crippen molar-refractivity contribution in [3.63, 3.8) is 0 Å². The highest BCUT2D eigenvalue weighted by Gasteiger charge is 2.08. The van der Waals surface area contributed by atoms with E-state index in [1.165, 1.54) is 6.07 Å². The van der Waals surface area contributed by atoms with Gasteiger partial charge in [-0.05, 0) is 30.0 Å². The molecular formula is C13H11F2NOS. The van der Waals surface area contributed by atoms with Crippen LogP contribution in [0.2, 0.25) is 0 Å². The lowest BCUT2D eigenvalue weighted by atomic mass is 10.2. The summed E-state index contributed by atoms with van der Waals surface area (Å²) in [6.45, 7) is 0. The molecule has 1 heterocycles. The van der Waals surface area contributed by atoms with Gasteiger partial charge in [-0.1, -0.05) is 6.07 Å². The van der Waals surface area contributed by atoms with Crippen molar-refractivity contribution in [2.75, 3.05) is 5.32 Å². The number of rotatable bonds is 4. The fraction of sp³-hybridized carbons (Fsp3) is 0.154. The number of anilines is 1. The van der Waals surface area contributed by atoms with E-state index in [0.29, 0.717) is 6.42 Å². The minimum absolute atomic E-state index is 0.00702. The molecule has 2 aromatic rings. The molecule has 18 heavy (non-hydrogen) atoms. The molecule has 1 amide bonds. The summed E-state index contributed by atoms with van der Waals surface area (Å²) >= 11 is 1.57. The van der Waals surface area contributed by atoms with Gasteiger partial charge >= 0.3 is 0 Å². The van der Waals surface area contributed by atoms with Crippen LogP contribution in [-0.4, -0.2) is 5.91 Å². The van der Waals surface area contributed by atoms with Gasteiger partial charge in [0, 0.05) is 17.4 Å². The number of carbonyl (C=O) groups is 1. The Labute approximate surface area is 107 Å². The minimum Gasteiger partial charge on any atom is -0.324 e. The van der Waals surface area contributed by atoms with Gasteiger partial charge in [-0.15, -0.1) is 11.3 Å². The molecule has 0 saturated carbocycles. The molecule has 2 rings (SSSR count). The van der Waals surface area contributed by atoms with E-state index in [1.54, 1.807) is 11.3 Å². The molecule has 0 atom stereocenters. The Morgan fingerprint density at radius 2 is 2.11 bits per heavy atom. The van der Waals surface area contributed by atoms with Gasteiger partial charge in [-0.3, -0.25) is 4.79 Å². The average Bonchev–Trinajstić information content (AvgIpc) is 2.83. The maximum absolute atomic E-state index is 13.3. The van der Waals surface area contributed by atoms with Crippen molar-refractivity contribution in [1.82, 2.24) is 0 Å². The number of thiophene rings is 1. The number of benzene rings is 1. The lowest BCUT2D eigenvalue weighted by Gasteiger charge is -2.05. The van der Waals surface area contributed by atoms with Crippen LogP contribution in [0.5, 0.6) is 0 Å². The van der Waals surface area contributed by atoms with Crippen molar-refractivity contribution < 1.29 is 13.6 Å². The van der Waals surface area contributed by atoms with Gasteiger partial charge in [0.05, 0.1) is 5.69 Å². The van der Waals surface area contributed by atoms with Crippen LogP contribution in [0, 0.1) is 11.6 Å². The monoisotopic (exact) mass is 267 g/mol. The van der Waals surface area contributed by atoms with Gasteiger partial charge in [-0.2, -0.15) is 0 Å². The third-order valence-electron chi connectivity index (χ3n) is 2.38. The molecule has 1 N–H and O–H groups in total. The Kier molecular flexibility index (Phi) is 4.04. The van der Waals surface area contributed by atoms with Crippen LogP contribution in [0.4, 0.5) is 14.5 Å². The molecule has 0 saturated heterocycles. The van der Waals surface area contributed by atoms with Crippen LogP contribution in [0.25, 0.3) is 0 Å². The second-order valence-electron chi connectivity index (χ2n) is 3.75. The first kappa shape index (κ1) is 12.7. The van der Waals surface area contributed by atoms with Crippen LogP contribution in [0.15, 0.2) is 35.7 Å². The largest absolute Gasteiger partial charge is 0.324 e. The zero-order valence-electron chi connectivity index (χ0n) is 9.45. The van der Waals surface area contributed by atoms with Gasteiger partial charge in [0.1, 0.15) is 11.6 Å². The molecule has 0 aliphatic heterocycles. The molecule has 2 nitrogen and oxygen atoms in total. The fourth-order valence-electron chi connectivity index (χ4n) is 1.50. The summed E-state index contributed by atoms with van der Waals surface area (Å²) in [6, 6.07) is 6.93. The Balaban J connectivity index is 1.91. The third kappa shape index (κ3) is 3.37. The van der Waals surface area contributed by atoms with E-state index >= 15 is 0 Å². The molecule has 0 aliphatic rings. The van der Waals surface area contributed by atoms with Crippen LogP contribution in [0.3, 0.4) is 0 Å². The van der Waals surface area contributed by atoms with Crippen molar-refractivity contribution >= 4 is 22.9 Å². The molecule has 5 heteroatoms. The average molecular weight is 267 g/mol. The molecule has 0 fully saturated rings. The molecule has 0 bridgehead atoms. The molecule has 94 valence electrons. The standard InChI is InChI=1S/C13H11F2NOS/c14-9-3-5-12(11(15)8-9)16-13(17)6-4-10-2-1-7-18-10/h1-3,5,7-8H,4,6H2,(H,16,17). The van der Waals surface area contributed by atoms with E-state index in [-0.39, 0.29) is 18.0 Å². The first-order valence-corrected chi connectivity index (χ1v) is 6.30. The van der Waals surface area contributed by atoms with Crippen molar-refractivity contribution in [2.24, 2.45) is 0 Å². The highest BCUT2D eigenvalue weighted by molar-refractivity contribution is 7.09. The van der Waals surface area contributed by atoms with Gasteiger partial charge < -0.3 is 5.32 Å². The SMILES string of the molecule is O=C(CCc1cccs1)Nc1ccc(F)cc1F. The summed E-state index contributed by atoms with van der Waals surface area (Å²) in [6.07, 6.45) is 0.893. The Bertz CT molecular complexity index is 540. The van der Waals surface area contributed by atoms with Crippen molar-refractivity contribution in [3.05, 3.63) is 52.2 Å². The molecule has 1 aromatic heterocycles. The molecule has 1 aromatic carbocycles. The van der Waals surface area contributed by atoms with E-state index < -0.39 is 11.6 Å². The maximum Gasteiger partial charge on any atom is 0.224 e. The number of hydrogen-bond donors (Lipinski definition) is 1. The van der Waals surface area contributed by atoms with Crippen LogP contribution < -0.4 is 5.32 Å². The first-order chi connectivity index (χ1) is 8.65. The van der Waals surface area contributed by atoms with Crippen LogP contribution >= 0.6 is 11.3 Å². The smallest absolute Gasteiger partial charge is 0.224 e. The number of amides is 1. The van der Waals surface area contributed by atoms with Gasteiger partial charge in [0.2, 0.25) is 5.91 Å². The van der Waals surface area contributed by atoms with E-state index in [9.17, 15) is 13.6 Å². The predicted octanol–water partition coefficient (Wildman–Crippen LogP) is 3.60. The van der Waals surface area contributed by atoms with Crippen LogP contribution in [-0.2, 0) is 11.2 Å². The number of hydrogen-bond acceptors (Lipinski definition) is 2. The highest BCUT2D eigenvalue weighted by Crippen LogP contribution is 2.16. The first-order valence-electron chi connectivity index (χ1n) is 5.42. The molecule has 0 unspecified atom stereocenters. The lowest BCUT2D eigenvalue weighted by Crippen LogP contribution is -2.13. The van der Waals surface area contributed by atoms with Gasteiger partial charge in [0.25, 0.3) is 0 Å². The van der Waals surface area contributed by atoms with Crippen LogP contribution in [0.1, 0.15) is 11.3 Å². The summed E-state index contributed by atoms with van der Waals surface area (Å²) in [5.41, 5.74) is 0.00702. The van der Waals surface area contributed by atoms with E-state index in [0.717, 1.165) is 17.0 Å². The Hall–Kier alpha value is -1.75. The minimum atomic E-state index is -0.764. The molecule has 0 aliphatic carbocycles. The summed E-state index contributed by atoms with van der Waals surface area (Å²) in [5.74, 6) is -1.71. The number of aryl methyl sites for hydroxylation is 1. The van der Waals surface area contributed by atoms with Gasteiger partial charge in [0.15, 0.2) is 0 Å². The van der Waals surface area contributed by atoms with E-state index in [4.69, 9.17) is 0 Å². The normalized spacial score (nSPS) is 10.3. The second-order valence-corrected chi connectivity index (χ2v) is 4.78. The van der Waals surface area contributed by atoms with Gasteiger partial charge in [-0.25, -0.2) is 8.78 Å². The van der Waals surface area contributed by atoms with Crippen molar-refractivity contribution in [2.45, 2.75) is 12.8 Å². The summed E-state index contributed by atoms with van der Waals surface area (Å²) in [7, 11) is 0. The predicted molar refractivity (Wildman–Crippen MR) is 67.6 cm³/mol. The van der Waals surface area contributed by atoms with Crippen molar-refractivity contribution in [1.29, 1.82) is 0 Å². The summed E-state index contributed by atoms with van der Waals surface area (Å²) in [4.78, 5) is 12.7. The topological polar surface area (TPSA) is 29.1 Å². The third-order valence-corrected chi connectivity index (χ3v) is 3.32. The summed E-state index contributed by atoms with van der Waals surface area (Å²) < 4.78 is 25.9. The molecule has 0 spiro atoms. The van der Waals surface area contributed by atoms with E-state index in [1.807, 2.05) is 17.5 Å². The number of carbonyl (C=O) groups excluding carboxylic acids is 1. The van der Waals surface area contributed by atoms with Crippen molar-refractivity contribution in [3.8, 4) is 0 Å². The summed E-state index contributed by atoms with van der Waals surface area (Å²) in [5, 5.41) is 4.36. The highest BCUT2D eigenvalue weighted by atomic mass is 32.1. The number of nitrogens with one attached hydrogen (secondary N) is 1. The zero-order chi connectivity index (χ0) is 13.0. The maximum atomic E-state index is 13.3. The number of halogens is 2.